The van der Waals surface area contributed by atoms with E-state index in [0.29, 0.717) is 17.4 Å². The maximum atomic E-state index is 11.2. The van der Waals surface area contributed by atoms with Crippen LogP contribution >= 0.6 is 0 Å². The lowest BCUT2D eigenvalue weighted by molar-refractivity contribution is 0.227. The van der Waals surface area contributed by atoms with Crippen molar-refractivity contribution in [2.45, 2.75) is 25.8 Å². The van der Waals surface area contributed by atoms with E-state index in [-0.39, 0.29) is 5.88 Å². The quantitative estimate of drug-likeness (QED) is 0.371. The van der Waals surface area contributed by atoms with E-state index in [1.165, 1.54) is 13.0 Å². The first-order valence-electron chi connectivity index (χ1n) is 12.9. The molecule has 4 aromatic rings. The Bertz CT molecular complexity index is 1610. The minimum atomic E-state index is 0.104. The number of likely N-dealkylation sites (N-methyl/N-ethyl adjacent to an activating group) is 1. The molecule has 3 N–H and O–H groups in total. The SMILES string of the molecule is CCN1CCCC(Nc2ccc3[nH]c(O)c(/C(=C4\N=c5ccc(OC)cc5=N4)c4ccccc4)c3c2)C1. The molecule has 7 nitrogen and oxygen atoms in total. The highest BCUT2D eigenvalue weighted by molar-refractivity contribution is 6.01. The first-order valence-corrected chi connectivity index (χ1v) is 12.9. The highest BCUT2D eigenvalue weighted by Gasteiger charge is 2.23. The topological polar surface area (TPSA) is 85.2 Å². The fraction of sp³-hybridized carbons (Fsp3) is 0.267. The summed E-state index contributed by atoms with van der Waals surface area (Å²) in [4.78, 5) is 15.4. The zero-order chi connectivity index (χ0) is 25.4. The van der Waals surface area contributed by atoms with E-state index in [1.807, 2.05) is 54.6 Å². The summed E-state index contributed by atoms with van der Waals surface area (Å²) < 4.78 is 5.39. The van der Waals surface area contributed by atoms with Crippen molar-refractivity contribution in [3.63, 3.8) is 0 Å². The highest BCUT2D eigenvalue weighted by atomic mass is 16.5. The number of anilines is 1. The van der Waals surface area contributed by atoms with Crippen molar-refractivity contribution >= 4 is 22.2 Å². The molecule has 0 radical (unpaired) electrons. The average Bonchev–Trinajstić information content (AvgIpc) is 3.49. The van der Waals surface area contributed by atoms with Gasteiger partial charge in [0.15, 0.2) is 11.7 Å². The third kappa shape index (κ3) is 4.47. The molecular weight excluding hydrogens is 462 g/mol. The minimum absolute atomic E-state index is 0.104. The van der Waals surface area contributed by atoms with Gasteiger partial charge in [-0.3, -0.25) is 0 Å². The Morgan fingerprint density at radius 2 is 1.92 bits per heavy atom. The van der Waals surface area contributed by atoms with E-state index < -0.39 is 0 Å². The van der Waals surface area contributed by atoms with Gasteiger partial charge in [-0.05, 0) is 61.8 Å². The first-order chi connectivity index (χ1) is 18.1. The van der Waals surface area contributed by atoms with Crippen molar-refractivity contribution in [3.8, 4) is 11.6 Å². The Hall–Kier alpha value is -4.10. The molecule has 1 unspecified atom stereocenters. The third-order valence-electron chi connectivity index (χ3n) is 7.27. The lowest BCUT2D eigenvalue weighted by atomic mass is 9.96. The summed E-state index contributed by atoms with van der Waals surface area (Å²) in [5, 5.41) is 17.4. The van der Waals surface area contributed by atoms with Crippen molar-refractivity contribution < 1.29 is 9.84 Å². The van der Waals surface area contributed by atoms with Gasteiger partial charge < -0.3 is 25.0 Å². The molecule has 7 heteroatoms. The van der Waals surface area contributed by atoms with E-state index in [0.717, 1.165) is 63.7 Å². The van der Waals surface area contributed by atoms with Crippen LogP contribution < -0.4 is 20.8 Å². The molecule has 37 heavy (non-hydrogen) atoms. The average molecular weight is 494 g/mol. The third-order valence-corrected chi connectivity index (χ3v) is 7.27. The van der Waals surface area contributed by atoms with Gasteiger partial charge in [-0.25, -0.2) is 9.98 Å². The van der Waals surface area contributed by atoms with Crippen molar-refractivity contribution in [2.75, 3.05) is 32.1 Å². The van der Waals surface area contributed by atoms with Crippen LogP contribution in [0.2, 0.25) is 0 Å². The number of aromatic hydroxyl groups is 1. The monoisotopic (exact) mass is 493 g/mol. The number of nitrogens with zero attached hydrogens (tertiary/aromatic N) is 3. The van der Waals surface area contributed by atoms with Crippen LogP contribution in [0, 0.1) is 0 Å². The number of H-pyrrole nitrogens is 1. The van der Waals surface area contributed by atoms with E-state index in [4.69, 9.17) is 14.7 Å². The molecule has 0 amide bonds. The number of aromatic nitrogens is 1. The number of nitrogens with one attached hydrogen (secondary N) is 2. The number of hydrogen-bond donors (Lipinski definition) is 3. The normalized spacial score (nSPS) is 18.7. The summed E-state index contributed by atoms with van der Waals surface area (Å²) in [7, 11) is 1.64. The van der Waals surface area contributed by atoms with E-state index in [2.05, 4.69) is 34.3 Å². The molecular formula is C30H31N5O2. The molecule has 3 heterocycles. The fourth-order valence-electron chi connectivity index (χ4n) is 5.39. The van der Waals surface area contributed by atoms with Crippen LogP contribution in [0.25, 0.3) is 16.5 Å². The predicted molar refractivity (Wildman–Crippen MR) is 146 cm³/mol. The summed E-state index contributed by atoms with van der Waals surface area (Å²) in [5.74, 6) is 1.40. The zero-order valence-corrected chi connectivity index (χ0v) is 21.2. The number of methoxy groups -OCH3 is 1. The molecule has 3 aromatic carbocycles. The molecule has 188 valence electrons. The van der Waals surface area contributed by atoms with Gasteiger partial charge in [0.1, 0.15) is 5.75 Å². The number of fused-ring (bicyclic) bond motifs is 2. The van der Waals surface area contributed by atoms with Crippen LogP contribution in [-0.4, -0.2) is 47.8 Å². The second-order valence-corrected chi connectivity index (χ2v) is 9.63. The standard InChI is InChI=1S/C30H31N5O2/c1-3-35-15-7-10-21(18-35)31-20-11-13-24-23(16-20)28(30(36)34-24)27(19-8-5-4-6-9-19)29-32-25-14-12-22(37-2)17-26(25)33-29/h4-6,8-9,11-14,16-17,21,31,34,36H,3,7,10,15,18H2,1-2H3/b29-27+. The number of piperidine rings is 1. The Balaban J connectivity index is 1.49. The van der Waals surface area contributed by atoms with E-state index >= 15 is 0 Å². The summed E-state index contributed by atoms with van der Waals surface area (Å²) >= 11 is 0. The second-order valence-electron chi connectivity index (χ2n) is 9.63. The maximum absolute atomic E-state index is 11.2. The van der Waals surface area contributed by atoms with Gasteiger partial charge in [0.2, 0.25) is 0 Å². The molecule has 6 rings (SSSR count). The van der Waals surface area contributed by atoms with Gasteiger partial charge in [-0.15, -0.1) is 0 Å². The number of benzene rings is 3. The summed E-state index contributed by atoms with van der Waals surface area (Å²) in [6, 6.07) is 22.3. The lowest BCUT2D eigenvalue weighted by Crippen LogP contribution is -2.41. The van der Waals surface area contributed by atoms with Gasteiger partial charge in [0, 0.05) is 40.8 Å². The Kier molecular flexibility index (Phi) is 6.14. The first kappa shape index (κ1) is 23.3. The van der Waals surface area contributed by atoms with Crippen molar-refractivity contribution in [1.29, 1.82) is 0 Å². The van der Waals surface area contributed by atoms with Gasteiger partial charge in [0.05, 0.1) is 23.4 Å². The van der Waals surface area contributed by atoms with Crippen molar-refractivity contribution in [2.24, 2.45) is 9.98 Å². The summed E-state index contributed by atoms with van der Waals surface area (Å²) in [5.41, 5.74) is 4.33. The van der Waals surface area contributed by atoms with E-state index in [1.54, 1.807) is 7.11 Å². The summed E-state index contributed by atoms with van der Waals surface area (Å²) in [6.07, 6.45) is 2.35. The van der Waals surface area contributed by atoms with Gasteiger partial charge in [-0.2, -0.15) is 0 Å². The molecule has 2 aliphatic heterocycles. The van der Waals surface area contributed by atoms with Crippen LogP contribution in [0.4, 0.5) is 5.69 Å². The molecule has 1 saturated heterocycles. The van der Waals surface area contributed by atoms with E-state index in [9.17, 15) is 5.11 Å². The minimum Gasteiger partial charge on any atom is -0.497 e. The molecule has 1 aromatic heterocycles. The Morgan fingerprint density at radius 1 is 1.08 bits per heavy atom. The summed E-state index contributed by atoms with van der Waals surface area (Å²) in [6.45, 7) is 5.50. The largest absolute Gasteiger partial charge is 0.497 e. The molecule has 2 aliphatic rings. The van der Waals surface area contributed by atoms with Crippen molar-refractivity contribution in [3.05, 3.63) is 94.4 Å². The molecule has 0 saturated carbocycles. The predicted octanol–water partition coefficient (Wildman–Crippen LogP) is 4.45. The van der Waals surface area contributed by atoms with Crippen LogP contribution in [0.1, 0.15) is 30.9 Å². The zero-order valence-electron chi connectivity index (χ0n) is 21.2. The van der Waals surface area contributed by atoms with Crippen LogP contribution in [0.15, 0.2) is 82.5 Å². The second kappa shape index (κ2) is 9.75. The number of likely N-dealkylation sites (tertiary alicyclic amines) is 1. The Labute approximate surface area is 215 Å². The number of hydrogen-bond acceptors (Lipinski definition) is 6. The molecule has 1 atom stereocenters. The molecule has 0 spiro atoms. The van der Waals surface area contributed by atoms with Crippen LogP contribution in [0.5, 0.6) is 11.6 Å². The van der Waals surface area contributed by atoms with Crippen molar-refractivity contribution in [1.82, 2.24) is 9.88 Å². The smallest absolute Gasteiger partial charge is 0.197 e. The number of aromatic amines is 1. The van der Waals surface area contributed by atoms with Gasteiger partial charge in [-0.1, -0.05) is 37.3 Å². The highest BCUT2D eigenvalue weighted by Crippen LogP contribution is 2.40. The maximum Gasteiger partial charge on any atom is 0.197 e. The lowest BCUT2D eigenvalue weighted by Gasteiger charge is -2.32. The number of ether oxygens (including phenoxy) is 1. The Morgan fingerprint density at radius 3 is 2.73 bits per heavy atom. The van der Waals surface area contributed by atoms with Gasteiger partial charge in [0.25, 0.3) is 0 Å². The van der Waals surface area contributed by atoms with Crippen LogP contribution in [0.3, 0.4) is 0 Å². The molecule has 1 fully saturated rings. The molecule has 0 bridgehead atoms. The number of rotatable bonds is 6. The fourth-order valence-corrected chi connectivity index (χ4v) is 5.39. The van der Waals surface area contributed by atoms with Crippen LogP contribution in [-0.2, 0) is 0 Å². The molecule has 0 aliphatic carbocycles. The van der Waals surface area contributed by atoms with Gasteiger partial charge >= 0.3 is 0 Å².